The van der Waals surface area contributed by atoms with Gasteiger partial charge in [0.1, 0.15) is 6.07 Å². The summed E-state index contributed by atoms with van der Waals surface area (Å²) in [4.78, 5) is 3.97. The topological polar surface area (TPSA) is 68.9 Å². The highest BCUT2D eigenvalue weighted by Crippen LogP contribution is 2.18. The van der Waals surface area contributed by atoms with Crippen LogP contribution in [0.2, 0.25) is 0 Å². The minimum atomic E-state index is 0.0799. The number of aliphatic hydroxyl groups is 1. The molecule has 0 aromatic carbocycles. The predicted octanol–water partition coefficient (Wildman–Crippen LogP) is 1.48. The number of hydrogen-bond donors (Lipinski definition) is 2. The molecule has 0 radical (unpaired) electrons. The third-order valence-corrected chi connectivity index (χ3v) is 3.53. The molecular weight excluding hydrogens is 222 g/mol. The first-order valence-electron chi connectivity index (χ1n) is 4.97. The van der Waals surface area contributed by atoms with E-state index in [2.05, 4.69) is 16.4 Å². The Bertz CT molecular complexity index is 374. The molecule has 4 nitrogen and oxygen atoms in total. The molecule has 0 spiro atoms. The molecule has 0 aliphatic carbocycles. The van der Waals surface area contributed by atoms with Crippen LogP contribution in [0, 0.1) is 11.3 Å². The molecule has 1 aromatic heterocycles. The monoisotopic (exact) mass is 237 g/mol. The number of nitrogens with one attached hydrogen (secondary N) is 1. The molecule has 16 heavy (non-hydrogen) atoms. The van der Waals surface area contributed by atoms with Gasteiger partial charge < -0.3 is 10.4 Å². The number of nitriles is 1. The van der Waals surface area contributed by atoms with Crippen molar-refractivity contribution in [1.82, 2.24) is 4.98 Å². The number of hydrogen-bond acceptors (Lipinski definition) is 5. The summed E-state index contributed by atoms with van der Waals surface area (Å²) in [6.45, 7) is 2.09. The van der Waals surface area contributed by atoms with E-state index in [-0.39, 0.29) is 17.9 Å². The number of aromatic nitrogens is 1. The maximum absolute atomic E-state index is 9.16. The fraction of sp³-hybridized carbons (Fsp3) is 0.455. The third kappa shape index (κ3) is 3.12. The summed E-state index contributed by atoms with van der Waals surface area (Å²) in [5.41, 5.74) is 1.28. The number of nitrogens with zero attached hydrogens (tertiary/aromatic N) is 2. The first kappa shape index (κ1) is 12.8. The van der Waals surface area contributed by atoms with Gasteiger partial charge in [-0.2, -0.15) is 17.0 Å². The second-order valence-corrected chi connectivity index (χ2v) is 4.50. The van der Waals surface area contributed by atoms with Crippen LogP contribution in [-0.4, -0.2) is 34.2 Å². The number of aliphatic hydroxyl groups excluding tert-OH is 1. The van der Waals surface area contributed by atoms with Crippen molar-refractivity contribution in [2.24, 2.45) is 0 Å². The van der Waals surface area contributed by atoms with Crippen LogP contribution in [0.1, 0.15) is 12.5 Å². The van der Waals surface area contributed by atoms with E-state index in [9.17, 15) is 0 Å². The van der Waals surface area contributed by atoms with Crippen molar-refractivity contribution in [3.05, 3.63) is 24.0 Å². The minimum Gasteiger partial charge on any atom is -0.395 e. The van der Waals surface area contributed by atoms with Crippen LogP contribution in [0.15, 0.2) is 18.5 Å². The Morgan fingerprint density at radius 3 is 3.00 bits per heavy atom. The highest BCUT2D eigenvalue weighted by atomic mass is 32.2. The van der Waals surface area contributed by atoms with E-state index in [1.165, 1.54) is 0 Å². The van der Waals surface area contributed by atoms with Crippen molar-refractivity contribution in [3.8, 4) is 6.07 Å². The molecular formula is C11H15N3OS. The van der Waals surface area contributed by atoms with Crippen LogP contribution in [0.3, 0.4) is 0 Å². The first-order valence-corrected chi connectivity index (χ1v) is 6.26. The molecule has 0 amide bonds. The lowest BCUT2D eigenvalue weighted by Crippen LogP contribution is -2.31. The molecule has 1 aromatic rings. The van der Waals surface area contributed by atoms with Crippen molar-refractivity contribution >= 4 is 17.4 Å². The first-order chi connectivity index (χ1) is 7.72. The van der Waals surface area contributed by atoms with Gasteiger partial charge in [-0.3, -0.25) is 4.98 Å². The summed E-state index contributed by atoms with van der Waals surface area (Å²) in [6.07, 6.45) is 5.17. The summed E-state index contributed by atoms with van der Waals surface area (Å²) in [6, 6.07) is 3.85. The Morgan fingerprint density at radius 1 is 1.69 bits per heavy atom. The predicted molar refractivity (Wildman–Crippen MR) is 66.4 cm³/mol. The fourth-order valence-corrected chi connectivity index (χ4v) is 2.01. The lowest BCUT2D eigenvalue weighted by molar-refractivity contribution is 0.288. The van der Waals surface area contributed by atoms with Gasteiger partial charge in [0, 0.05) is 17.5 Å². The Labute approximate surface area is 99.7 Å². The van der Waals surface area contributed by atoms with Gasteiger partial charge in [-0.15, -0.1) is 0 Å². The molecule has 0 fully saturated rings. The molecule has 86 valence electrons. The van der Waals surface area contributed by atoms with Gasteiger partial charge in [0.2, 0.25) is 0 Å². The molecule has 2 unspecified atom stereocenters. The SMILES string of the molecule is CSC(CO)C(C)Nc1cnccc1C#N. The molecule has 0 aliphatic rings. The molecule has 2 N–H and O–H groups in total. The van der Waals surface area contributed by atoms with Crippen molar-refractivity contribution < 1.29 is 5.11 Å². The molecule has 5 heteroatoms. The molecule has 2 atom stereocenters. The largest absolute Gasteiger partial charge is 0.395 e. The highest BCUT2D eigenvalue weighted by Gasteiger charge is 2.16. The second kappa shape index (κ2) is 6.36. The average molecular weight is 237 g/mol. The van der Waals surface area contributed by atoms with E-state index in [1.807, 2.05) is 13.2 Å². The zero-order valence-corrected chi connectivity index (χ0v) is 10.2. The molecule has 0 saturated carbocycles. The zero-order chi connectivity index (χ0) is 12.0. The number of pyridine rings is 1. The van der Waals surface area contributed by atoms with E-state index in [1.54, 1.807) is 30.2 Å². The van der Waals surface area contributed by atoms with Crippen LogP contribution >= 0.6 is 11.8 Å². The van der Waals surface area contributed by atoms with E-state index in [4.69, 9.17) is 10.4 Å². The zero-order valence-electron chi connectivity index (χ0n) is 9.34. The maximum Gasteiger partial charge on any atom is 0.101 e. The normalized spacial score (nSPS) is 13.9. The summed E-state index contributed by atoms with van der Waals surface area (Å²) >= 11 is 1.59. The van der Waals surface area contributed by atoms with Gasteiger partial charge in [-0.05, 0) is 19.2 Å². The van der Waals surface area contributed by atoms with Crippen molar-refractivity contribution in [2.75, 3.05) is 18.2 Å². The quantitative estimate of drug-likeness (QED) is 0.811. The van der Waals surface area contributed by atoms with Gasteiger partial charge in [-0.25, -0.2) is 0 Å². The van der Waals surface area contributed by atoms with Gasteiger partial charge >= 0.3 is 0 Å². The molecule has 1 heterocycles. The molecule has 0 saturated heterocycles. The van der Waals surface area contributed by atoms with Gasteiger partial charge in [0.05, 0.1) is 24.1 Å². The van der Waals surface area contributed by atoms with E-state index in [0.717, 1.165) is 0 Å². The summed E-state index contributed by atoms with van der Waals surface area (Å²) < 4.78 is 0. The van der Waals surface area contributed by atoms with Gasteiger partial charge in [-0.1, -0.05) is 0 Å². The lowest BCUT2D eigenvalue weighted by atomic mass is 10.2. The molecule has 0 aliphatic heterocycles. The van der Waals surface area contributed by atoms with Crippen molar-refractivity contribution in [3.63, 3.8) is 0 Å². The average Bonchev–Trinajstić information content (AvgIpc) is 2.31. The maximum atomic E-state index is 9.16. The molecule has 0 bridgehead atoms. The van der Waals surface area contributed by atoms with Crippen LogP contribution in [-0.2, 0) is 0 Å². The minimum absolute atomic E-state index is 0.0799. The Kier molecular flexibility index (Phi) is 5.09. The number of anilines is 1. The standard InChI is InChI=1S/C11H15N3OS/c1-8(11(7-15)16-2)14-10-6-13-4-3-9(10)5-12/h3-4,6,8,11,14-15H,7H2,1-2H3. The highest BCUT2D eigenvalue weighted by molar-refractivity contribution is 7.99. The van der Waals surface area contributed by atoms with E-state index in [0.29, 0.717) is 11.3 Å². The Hall–Kier alpha value is -1.25. The summed E-state index contributed by atoms with van der Waals surface area (Å²) in [5, 5.41) is 21.4. The fourth-order valence-electron chi connectivity index (χ4n) is 1.38. The third-order valence-electron chi connectivity index (χ3n) is 2.37. The Balaban J connectivity index is 2.76. The Morgan fingerprint density at radius 2 is 2.44 bits per heavy atom. The van der Waals surface area contributed by atoms with Crippen molar-refractivity contribution in [1.29, 1.82) is 5.26 Å². The number of rotatable bonds is 5. The van der Waals surface area contributed by atoms with Crippen LogP contribution in [0.5, 0.6) is 0 Å². The summed E-state index contributed by atoms with van der Waals surface area (Å²) in [7, 11) is 0. The van der Waals surface area contributed by atoms with Crippen molar-refractivity contribution in [2.45, 2.75) is 18.2 Å². The van der Waals surface area contributed by atoms with Gasteiger partial charge in [0.25, 0.3) is 0 Å². The number of thioether (sulfide) groups is 1. The van der Waals surface area contributed by atoms with Gasteiger partial charge in [0.15, 0.2) is 0 Å². The van der Waals surface area contributed by atoms with Crippen LogP contribution in [0.4, 0.5) is 5.69 Å². The van der Waals surface area contributed by atoms with Crippen LogP contribution < -0.4 is 5.32 Å². The van der Waals surface area contributed by atoms with Crippen LogP contribution in [0.25, 0.3) is 0 Å². The smallest absolute Gasteiger partial charge is 0.101 e. The lowest BCUT2D eigenvalue weighted by Gasteiger charge is -2.22. The van der Waals surface area contributed by atoms with E-state index < -0.39 is 0 Å². The summed E-state index contributed by atoms with van der Waals surface area (Å²) in [5.74, 6) is 0. The van der Waals surface area contributed by atoms with E-state index >= 15 is 0 Å². The second-order valence-electron chi connectivity index (χ2n) is 3.42. The molecule has 1 rings (SSSR count).